The number of aromatic nitrogens is 2. The van der Waals surface area contributed by atoms with Crippen molar-refractivity contribution in [3.05, 3.63) is 54.2 Å². The van der Waals surface area contributed by atoms with Crippen LogP contribution in [0.3, 0.4) is 0 Å². The average Bonchev–Trinajstić information content (AvgIpc) is 3.31. The van der Waals surface area contributed by atoms with Gasteiger partial charge in [0.1, 0.15) is 5.52 Å². The van der Waals surface area contributed by atoms with Gasteiger partial charge in [0.2, 0.25) is 5.91 Å². The van der Waals surface area contributed by atoms with Gasteiger partial charge < -0.3 is 16.4 Å². The monoisotopic (exact) mass is 349 g/mol. The highest BCUT2D eigenvalue weighted by Crippen LogP contribution is 2.20. The van der Waals surface area contributed by atoms with E-state index in [0.29, 0.717) is 11.1 Å². The molecule has 26 heavy (non-hydrogen) atoms. The van der Waals surface area contributed by atoms with Gasteiger partial charge in [0.05, 0.1) is 17.3 Å². The predicted molar refractivity (Wildman–Crippen MR) is 99.2 cm³/mol. The number of nitrogens with two attached hydrogens (primary N) is 1. The van der Waals surface area contributed by atoms with E-state index in [1.165, 1.54) is 0 Å². The first-order valence-electron chi connectivity index (χ1n) is 8.55. The Morgan fingerprint density at radius 3 is 2.69 bits per heavy atom. The maximum Gasteiger partial charge on any atom is 0.250 e. The van der Waals surface area contributed by atoms with E-state index >= 15 is 0 Å². The number of anilines is 1. The number of nitrogens with zero attached hydrogens (tertiary/aromatic N) is 2. The minimum absolute atomic E-state index is 0.00817. The molecule has 0 spiro atoms. The topological polar surface area (TPSA) is 102 Å². The summed E-state index contributed by atoms with van der Waals surface area (Å²) in [5.74, 6) is -0.509. The summed E-state index contributed by atoms with van der Waals surface area (Å²) in [6.45, 7) is 0.886. The first-order valence-corrected chi connectivity index (χ1v) is 8.55. The number of nitrogens with one attached hydrogen (secondary N) is 2. The number of carbonyl (C=O) groups excluding carboxylic acids is 2. The Labute approximate surface area is 150 Å². The fraction of sp³-hybridized carbons (Fsp3) is 0.211. The van der Waals surface area contributed by atoms with E-state index in [4.69, 9.17) is 5.73 Å². The standard InChI is InChI=1S/C19H19N5O2/c20-18(25)15-4-1-3-12-11-24(23-17(12)15)14-8-6-13(7-9-14)22-19(26)16-5-2-10-21-16/h1,3-4,6-9,11,16,21H,2,5,10H2,(H2,20,25)(H,22,26)/t16-/m1/s1. The SMILES string of the molecule is NC(=O)c1cccc2cn(-c3ccc(NC(=O)[C@H]4CCCN4)cc3)nc12. The van der Waals surface area contributed by atoms with Crippen molar-refractivity contribution >= 4 is 28.4 Å². The summed E-state index contributed by atoms with van der Waals surface area (Å²) in [5.41, 5.74) is 7.95. The van der Waals surface area contributed by atoms with Crippen LogP contribution in [0.1, 0.15) is 23.2 Å². The predicted octanol–water partition coefficient (Wildman–Crippen LogP) is 1.81. The highest BCUT2D eigenvalue weighted by molar-refractivity contribution is 6.04. The molecule has 132 valence electrons. The summed E-state index contributed by atoms with van der Waals surface area (Å²) >= 11 is 0. The van der Waals surface area contributed by atoms with Gasteiger partial charge in [0.15, 0.2) is 0 Å². The Balaban J connectivity index is 1.57. The van der Waals surface area contributed by atoms with E-state index in [1.807, 2.05) is 36.5 Å². The molecule has 3 aromatic rings. The Morgan fingerprint density at radius 1 is 1.19 bits per heavy atom. The van der Waals surface area contributed by atoms with E-state index < -0.39 is 5.91 Å². The van der Waals surface area contributed by atoms with Crippen LogP contribution in [-0.4, -0.2) is 34.2 Å². The van der Waals surface area contributed by atoms with Crippen LogP contribution >= 0.6 is 0 Å². The van der Waals surface area contributed by atoms with E-state index in [9.17, 15) is 9.59 Å². The number of hydrogen-bond donors (Lipinski definition) is 3. The molecule has 0 unspecified atom stereocenters. The van der Waals surface area contributed by atoms with Crippen LogP contribution in [-0.2, 0) is 4.79 Å². The second kappa shape index (κ2) is 6.61. The summed E-state index contributed by atoms with van der Waals surface area (Å²) < 4.78 is 1.70. The normalized spacial score (nSPS) is 16.7. The third kappa shape index (κ3) is 3.04. The Hall–Kier alpha value is -3.19. The van der Waals surface area contributed by atoms with Crippen LogP contribution in [0.2, 0.25) is 0 Å². The van der Waals surface area contributed by atoms with Crippen LogP contribution < -0.4 is 16.4 Å². The minimum atomic E-state index is -0.501. The van der Waals surface area contributed by atoms with E-state index in [1.54, 1.807) is 16.8 Å². The molecule has 2 aromatic carbocycles. The fourth-order valence-electron chi connectivity index (χ4n) is 3.21. The van der Waals surface area contributed by atoms with Crippen molar-refractivity contribution in [3.8, 4) is 5.69 Å². The lowest BCUT2D eigenvalue weighted by atomic mass is 10.1. The van der Waals surface area contributed by atoms with Crippen molar-refractivity contribution in [1.29, 1.82) is 0 Å². The van der Waals surface area contributed by atoms with Crippen LogP contribution in [0.4, 0.5) is 5.69 Å². The zero-order chi connectivity index (χ0) is 18.1. The molecular formula is C19H19N5O2. The molecule has 4 rings (SSSR count). The second-order valence-electron chi connectivity index (χ2n) is 6.37. The Morgan fingerprint density at radius 2 is 2.00 bits per heavy atom. The smallest absolute Gasteiger partial charge is 0.250 e. The number of amides is 2. The number of benzene rings is 2. The van der Waals surface area contributed by atoms with Gasteiger partial charge in [0, 0.05) is 17.3 Å². The van der Waals surface area contributed by atoms with Gasteiger partial charge in [-0.15, -0.1) is 0 Å². The number of rotatable bonds is 4. The second-order valence-corrected chi connectivity index (χ2v) is 6.37. The van der Waals surface area contributed by atoms with Crippen molar-refractivity contribution in [2.24, 2.45) is 5.73 Å². The molecule has 7 heteroatoms. The van der Waals surface area contributed by atoms with Gasteiger partial charge in [-0.3, -0.25) is 9.59 Å². The zero-order valence-electron chi connectivity index (χ0n) is 14.1. The van der Waals surface area contributed by atoms with Crippen molar-refractivity contribution in [1.82, 2.24) is 15.1 Å². The van der Waals surface area contributed by atoms with Crippen molar-refractivity contribution < 1.29 is 9.59 Å². The first kappa shape index (κ1) is 16.3. The van der Waals surface area contributed by atoms with E-state index in [0.717, 1.165) is 36.1 Å². The number of primary amides is 1. The Kier molecular flexibility index (Phi) is 4.14. The molecule has 1 aromatic heterocycles. The van der Waals surface area contributed by atoms with Gasteiger partial charge in [-0.1, -0.05) is 12.1 Å². The zero-order valence-corrected chi connectivity index (χ0v) is 14.1. The molecule has 2 heterocycles. The van der Waals surface area contributed by atoms with Gasteiger partial charge >= 0.3 is 0 Å². The molecule has 1 saturated heterocycles. The first-order chi connectivity index (χ1) is 12.6. The summed E-state index contributed by atoms with van der Waals surface area (Å²) in [7, 11) is 0. The maximum atomic E-state index is 12.2. The van der Waals surface area contributed by atoms with Gasteiger partial charge in [-0.2, -0.15) is 5.10 Å². The molecule has 2 amide bonds. The molecule has 0 aliphatic carbocycles. The third-order valence-corrected chi connectivity index (χ3v) is 4.58. The van der Waals surface area contributed by atoms with Crippen molar-refractivity contribution in [2.45, 2.75) is 18.9 Å². The van der Waals surface area contributed by atoms with Crippen LogP contribution in [0.5, 0.6) is 0 Å². The molecule has 1 atom stereocenters. The molecule has 0 radical (unpaired) electrons. The highest BCUT2D eigenvalue weighted by Gasteiger charge is 2.21. The van der Waals surface area contributed by atoms with Crippen LogP contribution in [0, 0.1) is 0 Å². The molecule has 1 fully saturated rings. The lowest BCUT2D eigenvalue weighted by Crippen LogP contribution is -2.35. The summed E-state index contributed by atoms with van der Waals surface area (Å²) in [4.78, 5) is 23.7. The minimum Gasteiger partial charge on any atom is -0.366 e. The summed E-state index contributed by atoms with van der Waals surface area (Å²) in [5, 5.41) is 11.4. The molecular weight excluding hydrogens is 330 g/mol. The maximum absolute atomic E-state index is 12.2. The molecule has 1 aliphatic rings. The average molecular weight is 349 g/mol. The molecule has 0 saturated carbocycles. The summed E-state index contributed by atoms with van der Waals surface area (Å²) in [6.07, 6.45) is 3.74. The van der Waals surface area contributed by atoms with Crippen LogP contribution in [0.15, 0.2) is 48.7 Å². The summed E-state index contributed by atoms with van der Waals surface area (Å²) in [6, 6.07) is 12.6. The van der Waals surface area contributed by atoms with E-state index in [-0.39, 0.29) is 11.9 Å². The molecule has 7 nitrogen and oxygen atoms in total. The molecule has 4 N–H and O–H groups in total. The lowest BCUT2D eigenvalue weighted by molar-refractivity contribution is -0.117. The van der Waals surface area contributed by atoms with E-state index in [2.05, 4.69) is 15.7 Å². The Bertz CT molecular complexity index is 971. The van der Waals surface area contributed by atoms with Crippen molar-refractivity contribution in [2.75, 3.05) is 11.9 Å². The third-order valence-electron chi connectivity index (χ3n) is 4.58. The van der Waals surface area contributed by atoms with Gasteiger partial charge in [-0.05, 0) is 49.7 Å². The lowest BCUT2D eigenvalue weighted by Gasteiger charge is -2.11. The largest absolute Gasteiger partial charge is 0.366 e. The van der Waals surface area contributed by atoms with Crippen molar-refractivity contribution in [3.63, 3.8) is 0 Å². The number of fused-ring (bicyclic) bond motifs is 1. The molecule has 1 aliphatic heterocycles. The quantitative estimate of drug-likeness (QED) is 0.668. The number of hydrogen-bond acceptors (Lipinski definition) is 4. The highest BCUT2D eigenvalue weighted by atomic mass is 16.2. The van der Waals surface area contributed by atoms with Crippen LogP contribution in [0.25, 0.3) is 16.6 Å². The molecule has 0 bridgehead atoms. The fourth-order valence-corrected chi connectivity index (χ4v) is 3.21. The van der Waals surface area contributed by atoms with Gasteiger partial charge in [-0.25, -0.2) is 4.68 Å². The van der Waals surface area contributed by atoms with Gasteiger partial charge in [0.25, 0.3) is 5.91 Å². The number of carbonyl (C=O) groups is 2.